The summed E-state index contributed by atoms with van der Waals surface area (Å²) >= 11 is 12.0. The number of hydrogen-bond acceptors (Lipinski definition) is 5. The number of carbonyl (C=O) groups excluding carboxylic acids is 1. The van der Waals surface area contributed by atoms with Crippen LogP contribution in [0.5, 0.6) is 5.75 Å². The van der Waals surface area contributed by atoms with Crippen molar-refractivity contribution in [3.63, 3.8) is 0 Å². The van der Waals surface area contributed by atoms with Crippen molar-refractivity contribution >= 4 is 29.1 Å². The minimum Gasteiger partial charge on any atom is -0.497 e. The lowest BCUT2D eigenvalue weighted by Crippen LogP contribution is -2.26. The number of halogens is 2. The van der Waals surface area contributed by atoms with Gasteiger partial charge in [0.05, 0.1) is 13.7 Å². The van der Waals surface area contributed by atoms with Crippen molar-refractivity contribution in [3.8, 4) is 17.1 Å². The third-order valence-corrected chi connectivity index (χ3v) is 4.82. The average molecular weight is 420 g/mol. The summed E-state index contributed by atoms with van der Waals surface area (Å²) in [5, 5.41) is 5.10. The second-order valence-corrected chi connectivity index (χ2v) is 7.07. The zero-order valence-corrected chi connectivity index (χ0v) is 17.0. The van der Waals surface area contributed by atoms with Gasteiger partial charge in [-0.25, -0.2) is 0 Å². The molecule has 0 saturated carbocycles. The summed E-state index contributed by atoms with van der Waals surface area (Å²) in [4.78, 5) is 18.3. The Morgan fingerprint density at radius 2 is 1.93 bits per heavy atom. The van der Waals surface area contributed by atoms with E-state index in [1.807, 2.05) is 30.3 Å². The van der Waals surface area contributed by atoms with Crippen molar-refractivity contribution in [3.05, 3.63) is 64.0 Å². The van der Waals surface area contributed by atoms with Crippen LogP contribution in [0, 0.1) is 0 Å². The molecule has 6 nitrogen and oxygen atoms in total. The number of aromatic nitrogens is 2. The molecule has 0 radical (unpaired) electrons. The van der Waals surface area contributed by atoms with Crippen molar-refractivity contribution in [2.45, 2.75) is 19.4 Å². The van der Waals surface area contributed by atoms with Crippen LogP contribution in [-0.4, -0.2) is 35.1 Å². The molecule has 0 fully saturated rings. The quantitative estimate of drug-likeness (QED) is 0.557. The molecule has 0 aliphatic heterocycles. The molecule has 1 amide bonds. The fourth-order valence-corrected chi connectivity index (χ4v) is 3.13. The minimum absolute atomic E-state index is 0.0461. The highest BCUT2D eigenvalue weighted by molar-refractivity contribution is 6.35. The first-order valence-electron chi connectivity index (χ1n) is 8.61. The summed E-state index contributed by atoms with van der Waals surface area (Å²) in [5.74, 6) is 1.53. The van der Waals surface area contributed by atoms with Crippen molar-refractivity contribution in [1.82, 2.24) is 15.0 Å². The van der Waals surface area contributed by atoms with Gasteiger partial charge in [0.25, 0.3) is 0 Å². The highest BCUT2D eigenvalue weighted by atomic mass is 35.5. The average Bonchev–Trinajstić information content (AvgIpc) is 3.15. The van der Waals surface area contributed by atoms with Crippen LogP contribution in [0.25, 0.3) is 11.4 Å². The minimum atomic E-state index is -0.0461. The number of carbonyl (C=O) groups is 1. The summed E-state index contributed by atoms with van der Waals surface area (Å²) in [7, 11) is 3.30. The molecule has 28 heavy (non-hydrogen) atoms. The Balaban J connectivity index is 1.57. The van der Waals surface area contributed by atoms with Crippen molar-refractivity contribution in [2.24, 2.45) is 0 Å². The number of nitrogens with zero attached hydrogens (tertiary/aromatic N) is 3. The van der Waals surface area contributed by atoms with E-state index in [1.54, 1.807) is 31.2 Å². The molecule has 3 aromatic rings. The maximum absolute atomic E-state index is 12.4. The van der Waals surface area contributed by atoms with Crippen LogP contribution in [0.2, 0.25) is 10.0 Å². The van der Waals surface area contributed by atoms with Crippen molar-refractivity contribution in [1.29, 1.82) is 0 Å². The molecule has 0 spiro atoms. The van der Waals surface area contributed by atoms with Crippen molar-refractivity contribution in [2.75, 3.05) is 14.2 Å². The van der Waals surface area contributed by atoms with Gasteiger partial charge in [0.1, 0.15) is 5.75 Å². The van der Waals surface area contributed by atoms with Crippen LogP contribution in [0.1, 0.15) is 17.9 Å². The summed E-state index contributed by atoms with van der Waals surface area (Å²) in [5.41, 5.74) is 1.69. The molecule has 0 unspecified atom stereocenters. The Morgan fingerprint density at radius 3 is 2.61 bits per heavy atom. The van der Waals surface area contributed by atoms with E-state index in [4.69, 9.17) is 32.5 Å². The predicted molar refractivity (Wildman–Crippen MR) is 108 cm³/mol. The van der Waals surface area contributed by atoms with Gasteiger partial charge in [-0.05, 0) is 48.4 Å². The Labute approximate surface area is 173 Å². The Bertz CT molecular complexity index is 958. The van der Waals surface area contributed by atoms with E-state index in [0.29, 0.717) is 34.6 Å². The molecular weight excluding hydrogens is 401 g/mol. The Morgan fingerprint density at radius 1 is 1.18 bits per heavy atom. The van der Waals surface area contributed by atoms with Crippen LogP contribution in [0.4, 0.5) is 0 Å². The third-order valence-electron chi connectivity index (χ3n) is 4.24. The smallest absolute Gasteiger partial charge is 0.246 e. The monoisotopic (exact) mass is 419 g/mol. The molecule has 8 heteroatoms. The van der Waals surface area contributed by atoms with Gasteiger partial charge in [0.2, 0.25) is 17.6 Å². The number of benzene rings is 2. The van der Waals surface area contributed by atoms with Gasteiger partial charge in [-0.15, -0.1) is 0 Å². The number of rotatable bonds is 7. The molecule has 0 aliphatic rings. The first-order chi connectivity index (χ1) is 13.5. The van der Waals surface area contributed by atoms with Gasteiger partial charge in [-0.1, -0.05) is 34.4 Å². The highest BCUT2D eigenvalue weighted by Gasteiger charge is 2.15. The van der Waals surface area contributed by atoms with E-state index >= 15 is 0 Å². The number of methoxy groups -OCH3 is 1. The van der Waals surface area contributed by atoms with Crippen LogP contribution < -0.4 is 4.74 Å². The third kappa shape index (κ3) is 5.03. The van der Waals surface area contributed by atoms with E-state index in [0.717, 1.165) is 16.9 Å². The highest BCUT2D eigenvalue weighted by Crippen LogP contribution is 2.23. The van der Waals surface area contributed by atoms with Gasteiger partial charge in [0.15, 0.2) is 0 Å². The van der Waals surface area contributed by atoms with Crippen molar-refractivity contribution < 1.29 is 14.1 Å². The van der Waals surface area contributed by atoms with Crippen LogP contribution in [0.3, 0.4) is 0 Å². The van der Waals surface area contributed by atoms with Crippen LogP contribution in [-0.2, 0) is 17.8 Å². The summed E-state index contributed by atoms with van der Waals surface area (Å²) in [6, 6.07) is 12.6. The number of hydrogen-bond donors (Lipinski definition) is 0. The van der Waals surface area contributed by atoms with E-state index in [9.17, 15) is 4.79 Å². The molecule has 3 rings (SSSR count). The maximum atomic E-state index is 12.4. The van der Waals surface area contributed by atoms with E-state index < -0.39 is 0 Å². The zero-order valence-electron chi connectivity index (χ0n) is 15.5. The summed E-state index contributed by atoms with van der Waals surface area (Å²) in [6.07, 6.45) is 0.845. The summed E-state index contributed by atoms with van der Waals surface area (Å²) < 4.78 is 10.4. The Kier molecular flexibility index (Phi) is 6.54. The van der Waals surface area contributed by atoms with Gasteiger partial charge in [0, 0.05) is 29.1 Å². The standard InChI is InChI=1S/C20H19Cl2N3O3/c1-25(19(26)10-6-13-3-7-15(21)11-17(13)22)12-18-23-20(24-28-18)14-4-8-16(27-2)9-5-14/h3-5,7-9,11H,6,10,12H2,1-2H3. The number of amides is 1. The SMILES string of the molecule is COc1ccc(-c2noc(CN(C)C(=O)CCc3ccc(Cl)cc3Cl)n2)cc1. The first kappa shape index (κ1) is 20.2. The van der Waals surface area contributed by atoms with E-state index in [2.05, 4.69) is 10.1 Å². The molecule has 0 saturated heterocycles. The fourth-order valence-electron chi connectivity index (χ4n) is 2.62. The zero-order chi connectivity index (χ0) is 20.1. The number of ether oxygens (including phenoxy) is 1. The van der Waals surface area contributed by atoms with Gasteiger partial charge >= 0.3 is 0 Å². The molecule has 146 valence electrons. The molecular formula is C20H19Cl2N3O3. The molecule has 2 aromatic carbocycles. The predicted octanol–water partition coefficient (Wildman–Crippen LogP) is 4.64. The molecule has 0 bridgehead atoms. The van der Waals surface area contributed by atoms with Crippen LogP contribution >= 0.6 is 23.2 Å². The van der Waals surface area contributed by atoms with E-state index in [-0.39, 0.29) is 12.5 Å². The molecule has 0 aliphatic carbocycles. The van der Waals surface area contributed by atoms with Gasteiger partial charge in [-0.2, -0.15) is 4.98 Å². The van der Waals surface area contributed by atoms with Crippen LogP contribution in [0.15, 0.2) is 47.0 Å². The van der Waals surface area contributed by atoms with Gasteiger partial charge < -0.3 is 14.2 Å². The second-order valence-electron chi connectivity index (χ2n) is 6.23. The summed E-state index contributed by atoms with van der Waals surface area (Å²) in [6.45, 7) is 0.232. The molecule has 0 atom stereocenters. The lowest BCUT2D eigenvalue weighted by Gasteiger charge is -2.15. The maximum Gasteiger partial charge on any atom is 0.246 e. The lowest BCUT2D eigenvalue weighted by atomic mass is 10.1. The Hall–Kier alpha value is -2.57. The topological polar surface area (TPSA) is 68.5 Å². The fraction of sp³-hybridized carbons (Fsp3) is 0.250. The van der Waals surface area contributed by atoms with Gasteiger partial charge in [-0.3, -0.25) is 4.79 Å². The largest absolute Gasteiger partial charge is 0.497 e. The van der Waals surface area contributed by atoms with E-state index in [1.165, 1.54) is 0 Å². The molecule has 1 aromatic heterocycles. The normalized spacial score (nSPS) is 10.7. The lowest BCUT2D eigenvalue weighted by molar-refractivity contribution is -0.130. The second kappa shape index (κ2) is 9.08. The first-order valence-corrected chi connectivity index (χ1v) is 9.37. The molecule has 1 heterocycles. The molecule has 0 N–H and O–H groups in total. The number of aryl methyl sites for hydroxylation is 1.